The number of hydrogen-bond acceptors (Lipinski definition) is 5. The molecule has 0 radical (unpaired) electrons. The van der Waals surface area contributed by atoms with E-state index in [-0.39, 0.29) is 0 Å². The molecule has 1 aliphatic heterocycles. The van der Waals surface area contributed by atoms with E-state index in [9.17, 15) is 5.11 Å². The largest absolute Gasteiger partial charge is 0.388 e. The van der Waals surface area contributed by atoms with Crippen LogP contribution in [0.4, 0.5) is 0 Å². The number of rotatable bonds is 9. The van der Waals surface area contributed by atoms with Gasteiger partial charge in [-0.2, -0.15) is 0 Å². The highest BCUT2D eigenvalue weighted by Crippen LogP contribution is 2.29. The van der Waals surface area contributed by atoms with Crippen LogP contribution in [0.1, 0.15) is 23.6 Å². The monoisotopic (exact) mass is 434 g/mol. The van der Waals surface area contributed by atoms with Crippen LogP contribution < -0.4 is 0 Å². The van der Waals surface area contributed by atoms with Gasteiger partial charge in [0.15, 0.2) is 6.29 Å². The van der Waals surface area contributed by atoms with Crippen molar-refractivity contribution < 1.29 is 24.1 Å². The topological polar surface area (TPSA) is 57.2 Å². The summed E-state index contributed by atoms with van der Waals surface area (Å²) < 4.78 is 24.6. The molecule has 1 heterocycles. The molecule has 4 rings (SSSR count). The van der Waals surface area contributed by atoms with Crippen LogP contribution in [0.25, 0.3) is 0 Å². The van der Waals surface area contributed by atoms with E-state index in [2.05, 4.69) is 0 Å². The first-order valence-electron chi connectivity index (χ1n) is 11.0. The quantitative estimate of drug-likeness (QED) is 0.538. The molecule has 0 spiro atoms. The zero-order valence-corrected chi connectivity index (χ0v) is 18.2. The van der Waals surface area contributed by atoms with Crippen molar-refractivity contribution in [3.8, 4) is 0 Å². The summed E-state index contributed by atoms with van der Waals surface area (Å²) in [5.41, 5.74) is 3.10. The number of ether oxygens (including phenoxy) is 4. The van der Waals surface area contributed by atoms with Crippen molar-refractivity contribution >= 4 is 0 Å². The SMILES string of the molecule is C[C@H]1OC(OCc2ccccc2)[C@H](OCc2ccccc2)[C@@H](OCc2ccccc2)[C@H]1O. The van der Waals surface area contributed by atoms with Gasteiger partial charge in [0, 0.05) is 0 Å². The van der Waals surface area contributed by atoms with E-state index >= 15 is 0 Å². The molecule has 0 bridgehead atoms. The number of aliphatic hydroxyl groups is 1. The van der Waals surface area contributed by atoms with Crippen LogP contribution in [0.15, 0.2) is 91.0 Å². The third-order valence-corrected chi connectivity index (χ3v) is 5.59. The fourth-order valence-electron chi connectivity index (χ4n) is 3.77. The van der Waals surface area contributed by atoms with Gasteiger partial charge in [0.2, 0.25) is 0 Å². The van der Waals surface area contributed by atoms with Crippen LogP contribution in [0.5, 0.6) is 0 Å². The molecular weight excluding hydrogens is 404 g/mol. The molecule has 0 amide bonds. The van der Waals surface area contributed by atoms with E-state index in [1.165, 1.54) is 0 Å². The Morgan fingerprint density at radius 2 is 1.03 bits per heavy atom. The van der Waals surface area contributed by atoms with E-state index in [1.807, 2.05) is 97.9 Å². The molecular formula is C27H30O5. The Balaban J connectivity index is 1.50. The molecule has 3 aromatic carbocycles. The molecule has 1 fully saturated rings. The van der Waals surface area contributed by atoms with Gasteiger partial charge in [-0.3, -0.25) is 0 Å². The zero-order valence-electron chi connectivity index (χ0n) is 18.2. The summed E-state index contributed by atoms with van der Waals surface area (Å²) in [6.45, 7) is 2.94. The maximum atomic E-state index is 10.9. The third kappa shape index (κ3) is 6.03. The predicted octanol–water partition coefficient (Wildman–Crippen LogP) is 4.48. The third-order valence-electron chi connectivity index (χ3n) is 5.59. The summed E-state index contributed by atoms with van der Waals surface area (Å²) in [6.07, 6.45) is -3.14. The summed E-state index contributed by atoms with van der Waals surface area (Å²) in [5.74, 6) is 0. The van der Waals surface area contributed by atoms with Crippen molar-refractivity contribution in [1.82, 2.24) is 0 Å². The van der Waals surface area contributed by atoms with Crippen molar-refractivity contribution in [1.29, 1.82) is 0 Å². The minimum atomic E-state index is -0.837. The lowest BCUT2D eigenvalue weighted by molar-refractivity contribution is -0.315. The van der Waals surface area contributed by atoms with E-state index < -0.39 is 30.7 Å². The molecule has 5 heteroatoms. The van der Waals surface area contributed by atoms with Gasteiger partial charge in [-0.1, -0.05) is 91.0 Å². The highest BCUT2D eigenvalue weighted by atomic mass is 16.7. The second-order valence-electron chi connectivity index (χ2n) is 8.02. The summed E-state index contributed by atoms with van der Waals surface area (Å²) in [5, 5.41) is 10.9. The average molecular weight is 435 g/mol. The molecule has 168 valence electrons. The summed E-state index contributed by atoms with van der Waals surface area (Å²) in [6, 6.07) is 29.7. The molecule has 0 aliphatic carbocycles. The zero-order chi connectivity index (χ0) is 22.2. The molecule has 1 saturated heterocycles. The maximum absolute atomic E-state index is 10.9. The van der Waals surface area contributed by atoms with Gasteiger partial charge in [-0.05, 0) is 23.6 Å². The summed E-state index contributed by atoms with van der Waals surface area (Å²) in [7, 11) is 0. The Morgan fingerprint density at radius 3 is 1.50 bits per heavy atom. The number of hydrogen-bond donors (Lipinski definition) is 1. The minimum absolute atomic E-state index is 0.367. The molecule has 1 aliphatic rings. The Labute approximate surface area is 189 Å². The Hall–Kier alpha value is -2.54. The molecule has 0 aromatic heterocycles. The summed E-state index contributed by atoms with van der Waals surface area (Å²) in [4.78, 5) is 0. The Morgan fingerprint density at radius 1 is 0.625 bits per heavy atom. The first kappa shape index (κ1) is 22.6. The highest BCUT2D eigenvalue weighted by Gasteiger charge is 2.46. The second-order valence-corrected chi connectivity index (χ2v) is 8.02. The minimum Gasteiger partial charge on any atom is -0.388 e. The first-order valence-corrected chi connectivity index (χ1v) is 11.0. The number of benzene rings is 3. The van der Waals surface area contributed by atoms with Crippen LogP contribution in [0.2, 0.25) is 0 Å². The molecule has 5 atom stereocenters. The highest BCUT2D eigenvalue weighted by molar-refractivity contribution is 5.15. The molecule has 0 saturated carbocycles. The Kier molecular flexibility index (Phi) is 8.04. The van der Waals surface area contributed by atoms with E-state index in [0.717, 1.165) is 16.7 Å². The lowest BCUT2D eigenvalue weighted by Crippen LogP contribution is -2.59. The van der Waals surface area contributed by atoms with Crippen LogP contribution in [-0.2, 0) is 38.8 Å². The average Bonchev–Trinajstić information content (AvgIpc) is 2.85. The van der Waals surface area contributed by atoms with Gasteiger partial charge in [-0.15, -0.1) is 0 Å². The standard InChI is InChI=1S/C27H30O5/c1-20-24(28)25(29-17-21-11-5-2-6-12-21)26(30-18-22-13-7-3-8-14-22)27(32-20)31-19-23-15-9-4-10-16-23/h2-16,20,24-28H,17-19H2,1H3/t20-,24+,25+,26-,27?/m1/s1. The fraction of sp³-hybridized carbons (Fsp3) is 0.333. The van der Waals surface area contributed by atoms with Crippen molar-refractivity contribution in [3.63, 3.8) is 0 Å². The van der Waals surface area contributed by atoms with Gasteiger partial charge in [0.25, 0.3) is 0 Å². The van der Waals surface area contributed by atoms with Gasteiger partial charge >= 0.3 is 0 Å². The smallest absolute Gasteiger partial charge is 0.187 e. The molecule has 1 unspecified atom stereocenters. The van der Waals surface area contributed by atoms with Crippen molar-refractivity contribution in [2.45, 2.75) is 57.5 Å². The van der Waals surface area contributed by atoms with Crippen LogP contribution in [0, 0.1) is 0 Å². The van der Waals surface area contributed by atoms with Gasteiger partial charge in [0.05, 0.1) is 25.9 Å². The van der Waals surface area contributed by atoms with Gasteiger partial charge < -0.3 is 24.1 Å². The van der Waals surface area contributed by atoms with Gasteiger partial charge in [0.1, 0.15) is 18.3 Å². The number of aliphatic hydroxyl groups excluding tert-OH is 1. The van der Waals surface area contributed by atoms with Crippen LogP contribution in [0.3, 0.4) is 0 Å². The molecule has 5 nitrogen and oxygen atoms in total. The second kappa shape index (κ2) is 11.4. The fourth-order valence-corrected chi connectivity index (χ4v) is 3.77. The lowest BCUT2D eigenvalue weighted by Gasteiger charge is -2.43. The summed E-state index contributed by atoms with van der Waals surface area (Å²) >= 11 is 0. The molecule has 1 N–H and O–H groups in total. The normalized spacial score (nSPS) is 25.5. The van der Waals surface area contributed by atoms with Crippen molar-refractivity contribution in [3.05, 3.63) is 108 Å². The van der Waals surface area contributed by atoms with Crippen LogP contribution >= 0.6 is 0 Å². The maximum Gasteiger partial charge on any atom is 0.187 e. The van der Waals surface area contributed by atoms with E-state index in [4.69, 9.17) is 18.9 Å². The van der Waals surface area contributed by atoms with Gasteiger partial charge in [-0.25, -0.2) is 0 Å². The Bertz CT molecular complexity index is 919. The predicted molar refractivity (Wildman–Crippen MR) is 122 cm³/mol. The van der Waals surface area contributed by atoms with Crippen molar-refractivity contribution in [2.75, 3.05) is 0 Å². The van der Waals surface area contributed by atoms with E-state index in [1.54, 1.807) is 0 Å². The first-order chi connectivity index (χ1) is 15.7. The lowest BCUT2D eigenvalue weighted by atomic mass is 9.99. The van der Waals surface area contributed by atoms with Crippen molar-refractivity contribution in [2.24, 2.45) is 0 Å². The van der Waals surface area contributed by atoms with E-state index in [0.29, 0.717) is 19.8 Å². The van der Waals surface area contributed by atoms with Crippen LogP contribution in [-0.4, -0.2) is 35.8 Å². The molecule has 3 aromatic rings. The molecule has 32 heavy (non-hydrogen) atoms.